The van der Waals surface area contributed by atoms with Crippen molar-refractivity contribution in [2.45, 2.75) is 29.1 Å². The number of fused-ring (bicyclic) bond motifs is 6. The van der Waals surface area contributed by atoms with Crippen molar-refractivity contribution in [1.82, 2.24) is 0 Å². The highest BCUT2D eigenvalue weighted by molar-refractivity contribution is 7.99. The monoisotopic (exact) mass is 533 g/mol. The predicted molar refractivity (Wildman–Crippen MR) is 167 cm³/mol. The molecule has 0 spiro atoms. The molecule has 192 valence electrons. The van der Waals surface area contributed by atoms with Gasteiger partial charge in [-0.15, -0.1) is 0 Å². The van der Waals surface area contributed by atoms with Gasteiger partial charge in [-0.2, -0.15) is 0 Å². The number of hydrogen-bond acceptors (Lipinski definition) is 3. The molecule has 2 nitrogen and oxygen atoms in total. The van der Waals surface area contributed by atoms with Crippen LogP contribution >= 0.6 is 11.8 Å². The molecule has 0 unspecified atom stereocenters. The molecule has 0 fully saturated rings. The number of hydrogen-bond donors (Lipinski definition) is 0. The largest absolute Gasteiger partial charge is 0.453 e. The van der Waals surface area contributed by atoms with Gasteiger partial charge in [-0.25, -0.2) is 0 Å². The van der Waals surface area contributed by atoms with E-state index in [9.17, 15) is 0 Å². The fourth-order valence-corrected chi connectivity index (χ4v) is 7.33. The SMILES string of the molecule is CC1(C)c2ccccc2-c2ccc(N(c3cccc4c3Oc3ccccc3S4)c3cccc4ccccc34)cc21. The van der Waals surface area contributed by atoms with E-state index in [1.54, 1.807) is 11.8 Å². The van der Waals surface area contributed by atoms with E-state index in [2.05, 4.69) is 140 Å². The summed E-state index contributed by atoms with van der Waals surface area (Å²) in [5.74, 6) is 1.79. The van der Waals surface area contributed by atoms with E-state index < -0.39 is 0 Å². The minimum Gasteiger partial charge on any atom is -0.453 e. The van der Waals surface area contributed by atoms with Crippen molar-refractivity contribution in [2.24, 2.45) is 0 Å². The molecule has 2 aliphatic rings. The van der Waals surface area contributed by atoms with Crippen LogP contribution in [0.5, 0.6) is 11.5 Å². The topological polar surface area (TPSA) is 12.5 Å². The Balaban J connectivity index is 1.38. The zero-order valence-corrected chi connectivity index (χ0v) is 23.2. The zero-order valence-electron chi connectivity index (χ0n) is 22.4. The molecule has 0 saturated carbocycles. The lowest BCUT2D eigenvalue weighted by Gasteiger charge is -2.32. The van der Waals surface area contributed by atoms with Crippen molar-refractivity contribution in [3.8, 4) is 22.6 Å². The fraction of sp³-hybridized carbons (Fsp3) is 0.0811. The lowest BCUT2D eigenvalue weighted by molar-refractivity contribution is 0.456. The smallest absolute Gasteiger partial charge is 0.165 e. The first-order valence-corrected chi connectivity index (χ1v) is 14.5. The number of para-hydroxylation sites is 2. The molecule has 0 N–H and O–H groups in total. The third-order valence-corrected chi connectivity index (χ3v) is 9.41. The average Bonchev–Trinajstić information content (AvgIpc) is 3.23. The number of ether oxygens (including phenoxy) is 1. The Labute approximate surface area is 238 Å². The van der Waals surface area contributed by atoms with Crippen molar-refractivity contribution in [2.75, 3.05) is 4.90 Å². The van der Waals surface area contributed by atoms with Crippen LogP contribution in [0.1, 0.15) is 25.0 Å². The molecule has 0 bridgehead atoms. The molecule has 0 radical (unpaired) electrons. The maximum atomic E-state index is 6.67. The first-order valence-electron chi connectivity index (χ1n) is 13.7. The Morgan fingerprint density at radius 3 is 2.25 bits per heavy atom. The van der Waals surface area contributed by atoms with E-state index in [4.69, 9.17) is 4.74 Å². The van der Waals surface area contributed by atoms with Crippen LogP contribution in [0.4, 0.5) is 17.1 Å². The van der Waals surface area contributed by atoms with Gasteiger partial charge in [0.25, 0.3) is 0 Å². The summed E-state index contributed by atoms with van der Waals surface area (Å²) in [6.07, 6.45) is 0. The Bertz CT molecular complexity index is 1950. The molecular formula is C37H27NOS. The van der Waals surface area contributed by atoms with Gasteiger partial charge in [-0.05, 0) is 70.1 Å². The lowest BCUT2D eigenvalue weighted by Crippen LogP contribution is -2.17. The van der Waals surface area contributed by atoms with E-state index in [1.807, 2.05) is 6.07 Å². The maximum Gasteiger partial charge on any atom is 0.165 e. The Hall–Kier alpha value is -4.47. The van der Waals surface area contributed by atoms with Crippen molar-refractivity contribution in [1.29, 1.82) is 0 Å². The third-order valence-electron chi connectivity index (χ3n) is 8.31. The average molecular weight is 534 g/mol. The zero-order chi connectivity index (χ0) is 26.8. The summed E-state index contributed by atoms with van der Waals surface area (Å²) < 4.78 is 6.67. The van der Waals surface area contributed by atoms with Gasteiger partial charge in [0.05, 0.1) is 21.2 Å². The first kappa shape index (κ1) is 23.4. The highest BCUT2D eigenvalue weighted by Gasteiger charge is 2.36. The summed E-state index contributed by atoms with van der Waals surface area (Å²) >= 11 is 1.77. The van der Waals surface area contributed by atoms with Crippen LogP contribution in [0.15, 0.2) is 137 Å². The Morgan fingerprint density at radius 1 is 0.600 bits per heavy atom. The van der Waals surface area contributed by atoms with Gasteiger partial charge in [-0.3, -0.25) is 0 Å². The van der Waals surface area contributed by atoms with Crippen LogP contribution < -0.4 is 9.64 Å². The standard InChI is InChI=1S/C37H27NOS/c1-37(2)29-15-6-5-14-27(29)28-22-21-25(23-30(28)37)38(31-16-9-12-24-11-3-4-13-26(24)31)32-17-10-20-35-36(32)39-33-18-7-8-19-34(33)40-35/h3-23H,1-2H3. The molecule has 0 aromatic heterocycles. The van der Waals surface area contributed by atoms with Gasteiger partial charge in [0.2, 0.25) is 0 Å². The van der Waals surface area contributed by atoms with Crippen molar-refractivity contribution in [3.63, 3.8) is 0 Å². The summed E-state index contributed by atoms with van der Waals surface area (Å²) in [5.41, 5.74) is 8.58. The quantitative estimate of drug-likeness (QED) is 0.224. The molecule has 1 aliphatic heterocycles. The van der Waals surface area contributed by atoms with E-state index in [1.165, 1.54) is 33.0 Å². The van der Waals surface area contributed by atoms with Gasteiger partial charge in [0.1, 0.15) is 5.75 Å². The normalized spacial score (nSPS) is 14.1. The van der Waals surface area contributed by atoms with Crippen molar-refractivity contribution < 1.29 is 4.74 Å². The molecule has 40 heavy (non-hydrogen) atoms. The van der Waals surface area contributed by atoms with Gasteiger partial charge in [0, 0.05) is 16.5 Å². The molecule has 0 saturated heterocycles. The van der Waals surface area contributed by atoms with Gasteiger partial charge < -0.3 is 9.64 Å². The third kappa shape index (κ3) is 3.44. The summed E-state index contributed by atoms with van der Waals surface area (Å²) in [7, 11) is 0. The van der Waals surface area contributed by atoms with Gasteiger partial charge in [-0.1, -0.05) is 111 Å². The Kier molecular flexibility index (Phi) is 5.14. The number of anilines is 3. The highest BCUT2D eigenvalue weighted by Crippen LogP contribution is 2.55. The summed E-state index contributed by atoms with van der Waals surface area (Å²) in [4.78, 5) is 4.64. The second-order valence-electron chi connectivity index (χ2n) is 11.0. The summed E-state index contributed by atoms with van der Waals surface area (Å²) in [6.45, 7) is 4.68. The summed E-state index contributed by atoms with van der Waals surface area (Å²) in [5, 5.41) is 2.42. The van der Waals surface area contributed by atoms with Crippen LogP contribution in [0.3, 0.4) is 0 Å². The summed E-state index contributed by atoms with van der Waals surface area (Å²) in [6, 6.07) is 45.7. The van der Waals surface area contributed by atoms with Crippen LogP contribution in [0, 0.1) is 0 Å². The molecule has 1 aliphatic carbocycles. The van der Waals surface area contributed by atoms with Crippen LogP contribution in [-0.2, 0) is 5.41 Å². The molecule has 6 aromatic rings. The number of nitrogens with zero attached hydrogens (tertiary/aromatic N) is 1. The lowest BCUT2D eigenvalue weighted by atomic mass is 9.82. The molecule has 0 atom stereocenters. The van der Waals surface area contributed by atoms with Crippen molar-refractivity contribution in [3.05, 3.63) is 139 Å². The molecule has 6 aromatic carbocycles. The predicted octanol–water partition coefficient (Wildman–Crippen LogP) is 10.9. The highest BCUT2D eigenvalue weighted by atomic mass is 32.2. The number of rotatable bonds is 3. The van der Waals surface area contributed by atoms with E-state index >= 15 is 0 Å². The minimum atomic E-state index is -0.0895. The van der Waals surface area contributed by atoms with Crippen LogP contribution in [-0.4, -0.2) is 0 Å². The van der Waals surface area contributed by atoms with E-state index in [-0.39, 0.29) is 5.41 Å². The van der Waals surface area contributed by atoms with E-state index in [0.29, 0.717) is 0 Å². The second-order valence-corrected chi connectivity index (χ2v) is 12.1. The van der Waals surface area contributed by atoms with Gasteiger partial charge >= 0.3 is 0 Å². The maximum absolute atomic E-state index is 6.67. The van der Waals surface area contributed by atoms with Crippen molar-refractivity contribution >= 4 is 39.6 Å². The minimum absolute atomic E-state index is 0.0895. The first-order chi connectivity index (χ1) is 19.6. The number of benzene rings is 6. The fourth-order valence-electron chi connectivity index (χ4n) is 6.35. The van der Waals surface area contributed by atoms with Gasteiger partial charge in [0.15, 0.2) is 5.75 Å². The van der Waals surface area contributed by atoms with Crippen LogP contribution in [0.2, 0.25) is 0 Å². The molecular weight excluding hydrogens is 506 g/mol. The molecule has 3 heteroatoms. The molecule has 1 heterocycles. The van der Waals surface area contributed by atoms with E-state index in [0.717, 1.165) is 38.4 Å². The second kappa shape index (κ2) is 8.77. The Morgan fingerprint density at radius 2 is 1.30 bits per heavy atom. The molecule has 8 rings (SSSR count). The molecule has 0 amide bonds. The van der Waals surface area contributed by atoms with Crippen LogP contribution in [0.25, 0.3) is 21.9 Å².